The van der Waals surface area contributed by atoms with Gasteiger partial charge in [0.05, 0.1) is 15.7 Å². The van der Waals surface area contributed by atoms with Gasteiger partial charge in [0, 0.05) is 16.7 Å². The summed E-state index contributed by atoms with van der Waals surface area (Å²) in [5, 5.41) is 0.659. The third-order valence-electron chi connectivity index (χ3n) is 2.31. The summed E-state index contributed by atoms with van der Waals surface area (Å²) >= 11 is 17.7. The van der Waals surface area contributed by atoms with Gasteiger partial charge in [-0.15, -0.1) is 0 Å². The number of nitrogens with zero attached hydrogens (tertiary/aromatic N) is 1. The van der Waals surface area contributed by atoms with Gasteiger partial charge in [0.2, 0.25) is 0 Å². The van der Waals surface area contributed by atoms with Crippen LogP contribution in [0.2, 0.25) is 15.1 Å². The molecule has 0 unspecified atom stereocenters. The summed E-state index contributed by atoms with van der Waals surface area (Å²) in [5.41, 5.74) is 0.512. The Hall–Kier alpha value is -1.03. The monoisotopic (exact) mass is 289 g/mol. The van der Waals surface area contributed by atoms with Crippen molar-refractivity contribution < 1.29 is 9.59 Å². The number of halogens is 3. The van der Waals surface area contributed by atoms with Crippen molar-refractivity contribution in [1.29, 1.82) is 0 Å². The Kier molecular flexibility index (Phi) is 3.17. The van der Waals surface area contributed by atoms with Crippen molar-refractivity contribution in [3.05, 3.63) is 38.8 Å². The van der Waals surface area contributed by atoms with Crippen LogP contribution in [-0.2, 0) is 9.59 Å². The van der Waals surface area contributed by atoms with Crippen LogP contribution in [0.4, 0.5) is 5.69 Å². The Bertz CT molecular complexity index is 543. The van der Waals surface area contributed by atoms with E-state index in [1.807, 2.05) is 0 Å². The van der Waals surface area contributed by atoms with Crippen molar-refractivity contribution >= 4 is 52.3 Å². The van der Waals surface area contributed by atoms with Crippen molar-refractivity contribution in [3.63, 3.8) is 0 Å². The number of benzene rings is 1. The summed E-state index contributed by atoms with van der Waals surface area (Å²) in [7, 11) is 0. The molecule has 0 saturated carbocycles. The lowest BCUT2D eigenvalue weighted by molar-refractivity contribution is -0.120. The molecule has 0 N–H and O–H groups in total. The Morgan fingerprint density at radius 2 is 1.59 bits per heavy atom. The smallest absolute Gasteiger partial charge is 0.261 e. The van der Waals surface area contributed by atoms with E-state index in [0.717, 1.165) is 4.90 Å². The highest BCUT2D eigenvalue weighted by Crippen LogP contribution is 2.38. The lowest BCUT2D eigenvalue weighted by Crippen LogP contribution is -2.31. The maximum Gasteiger partial charge on any atom is 0.261 e. The van der Waals surface area contributed by atoms with Gasteiger partial charge in [0.25, 0.3) is 11.8 Å². The minimum absolute atomic E-state index is 0.160. The molecule has 1 aromatic carbocycles. The SMILES string of the molecule is CC1=CC(=O)N(c2c(Cl)cc(Cl)cc2Cl)C1=O. The van der Waals surface area contributed by atoms with Crippen molar-refractivity contribution in [1.82, 2.24) is 0 Å². The van der Waals surface area contributed by atoms with Crippen LogP contribution in [-0.4, -0.2) is 11.8 Å². The quantitative estimate of drug-likeness (QED) is 0.743. The summed E-state index contributed by atoms with van der Waals surface area (Å²) in [6.45, 7) is 1.55. The second-order valence-corrected chi connectivity index (χ2v) is 4.78. The predicted molar refractivity (Wildman–Crippen MR) is 67.7 cm³/mol. The van der Waals surface area contributed by atoms with E-state index >= 15 is 0 Å². The highest BCUT2D eigenvalue weighted by atomic mass is 35.5. The van der Waals surface area contributed by atoms with Crippen LogP contribution in [0.5, 0.6) is 0 Å². The largest absolute Gasteiger partial charge is 0.269 e. The van der Waals surface area contributed by atoms with Crippen molar-refractivity contribution in [2.24, 2.45) is 0 Å². The van der Waals surface area contributed by atoms with Crippen LogP contribution in [0.25, 0.3) is 0 Å². The molecule has 1 aromatic rings. The lowest BCUT2D eigenvalue weighted by Gasteiger charge is -2.17. The van der Waals surface area contributed by atoms with E-state index in [1.165, 1.54) is 18.2 Å². The molecule has 0 fully saturated rings. The lowest BCUT2D eigenvalue weighted by atomic mass is 10.2. The average molecular weight is 291 g/mol. The Morgan fingerprint density at radius 3 is 2.00 bits per heavy atom. The second kappa shape index (κ2) is 4.33. The number of anilines is 1. The van der Waals surface area contributed by atoms with Crippen LogP contribution in [0, 0.1) is 0 Å². The first-order valence-electron chi connectivity index (χ1n) is 4.63. The molecule has 2 amide bonds. The molecule has 0 bridgehead atoms. The van der Waals surface area contributed by atoms with Gasteiger partial charge in [0.15, 0.2) is 0 Å². The molecule has 0 spiro atoms. The minimum atomic E-state index is -0.460. The topological polar surface area (TPSA) is 37.4 Å². The molecule has 88 valence electrons. The molecule has 0 radical (unpaired) electrons. The van der Waals surface area contributed by atoms with E-state index in [1.54, 1.807) is 6.92 Å². The predicted octanol–water partition coefficient (Wildman–Crippen LogP) is 3.47. The maximum absolute atomic E-state index is 11.8. The third kappa shape index (κ3) is 2.06. The fraction of sp³-hybridized carbons (Fsp3) is 0.0909. The van der Waals surface area contributed by atoms with Crippen LogP contribution < -0.4 is 4.90 Å². The molecular formula is C11H6Cl3NO2. The van der Waals surface area contributed by atoms with Gasteiger partial charge in [-0.2, -0.15) is 0 Å². The molecule has 6 heteroatoms. The van der Waals surface area contributed by atoms with E-state index in [9.17, 15) is 9.59 Å². The summed E-state index contributed by atoms with van der Waals surface area (Å²) in [6.07, 6.45) is 1.24. The van der Waals surface area contributed by atoms with Crippen LogP contribution in [0.1, 0.15) is 6.92 Å². The van der Waals surface area contributed by atoms with Crippen LogP contribution in [0.3, 0.4) is 0 Å². The van der Waals surface area contributed by atoms with Gasteiger partial charge < -0.3 is 0 Å². The number of carbonyl (C=O) groups is 2. The Morgan fingerprint density at radius 1 is 1.06 bits per heavy atom. The zero-order valence-corrected chi connectivity index (χ0v) is 10.9. The third-order valence-corrected chi connectivity index (χ3v) is 3.10. The molecule has 2 rings (SSSR count). The molecule has 0 atom stereocenters. The van der Waals surface area contributed by atoms with Crippen molar-refractivity contribution in [2.45, 2.75) is 6.92 Å². The molecule has 0 aromatic heterocycles. The zero-order chi connectivity index (χ0) is 12.7. The first-order valence-corrected chi connectivity index (χ1v) is 5.76. The van der Waals surface area contributed by atoms with E-state index in [0.29, 0.717) is 10.6 Å². The summed E-state index contributed by atoms with van der Waals surface area (Å²) in [5.74, 6) is -0.889. The molecule has 17 heavy (non-hydrogen) atoms. The summed E-state index contributed by atoms with van der Waals surface area (Å²) < 4.78 is 0. The van der Waals surface area contributed by atoms with Crippen LogP contribution in [0.15, 0.2) is 23.8 Å². The molecular weight excluding hydrogens is 284 g/mol. The van der Waals surface area contributed by atoms with Gasteiger partial charge in [-0.25, -0.2) is 4.90 Å². The Balaban J connectivity index is 2.57. The van der Waals surface area contributed by atoms with Crippen molar-refractivity contribution in [2.75, 3.05) is 4.90 Å². The highest BCUT2D eigenvalue weighted by Gasteiger charge is 2.32. The number of carbonyl (C=O) groups excluding carboxylic acids is 2. The van der Waals surface area contributed by atoms with Crippen molar-refractivity contribution in [3.8, 4) is 0 Å². The van der Waals surface area contributed by atoms with Crippen LogP contribution >= 0.6 is 34.8 Å². The maximum atomic E-state index is 11.8. The zero-order valence-electron chi connectivity index (χ0n) is 8.63. The number of rotatable bonds is 1. The van der Waals surface area contributed by atoms with E-state index in [2.05, 4.69) is 0 Å². The fourth-order valence-electron chi connectivity index (χ4n) is 1.55. The number of hydrogen-bond donors (Lipinski definition) is 0. The number of hydrogen-bond acceptors (Lipinski definition) is 2. The standard InChI is InChI=1S/C11H6Cl3NO2/c1-5-2-9(16)15(11(5)17)10-7(13)3-6(12)4-8(10)14/h2-4H,1H3. The average Bonchev–Trinajstić information content (AvgIpc) is 2.43. The first-order chi connectivity index (χ1) is 7.91. The first kappa shape index (κ1) is 12.4. The normalized spacial score (nSPS) is 15.5. The van der Waals surface area contributed by atoms with E-state index in [4.69, 9.17) is 34.8 Å². The molecule has 1 aliphatic heterocycles. The van der Waals surface area contributed by atoms with Gasteiger partial charge in [-0.05, 0) is 19.1 Å². The van der Waals surface area contributed by atoms with Gasteiger partial charge in [0.1, 0.15) is 0 Å². The Labute approximate surface area is 113 Å². The molecule has 1 heterocycles. The van der Waals surface area contributed by atoms with Gasteiger partial charge >= 0.3 is 0 Å². The van der Waals surface area contributed by atoms with Gasteiger partial charge in [-0.3, -0.25) is 9.59 Å². The highest BCUT2D eigenvalue weighted by molar-refractivity contribution is 6.45. The van der Waals surface area contributed by atoms with E-state index < -0.39 is 11.8 Å². The summed E-state index contributed by atoms with van der Waals surface area (Å²) in [4.78, 5) is 24.4. The molecule has 1 aliphatic rings. The molecule has 0 aliphatic carbocycles. The molecule has 3 nitrogen and oxygen atoms in total. The summed E-state index contributed by atoms with van der Waals surface area (Å²) in [6, 6.07) is 2.86. The second-order valence-electron chi connectivity index (χ2n) is 3.52. The minimum Gasteiger partial charge on any atom is -0.269 e. The fourth-order valence-corrected chi connectivity index (χ4v) is 2.53. The number of amides is 2. The molecule has 0 saturated heterocycles. The number of imide groups is 1. The van der Waals surface area contributed by atoms with Gasteiger partial charge in [-0.1, -0.05) is 34.8 Å². The van der Waals surface area contributed by atoms with E-state index in [-0.39, 0.29) is 15.7 Å².